The zero-order valence-electron chi connectivity index (χ0n) is 18.2. The predicted octanol–water partition coefficient (Wildman–Crippen LogP) is 4.96. The number of unbranched alkanes of at least 4 members (excludes halogenated alkanes) is 1. The number of primary amides is 1. The van der Waals surface area contributed by atoms with Crippen molar-refractivity contribution >= 4 is 33.7 Å². The van der Waals surface area contributed by atoms with Gasteiger partial charge in [-0.3, -0.25) is 4.79 Å². The average molecular weight is 436 g/mol. The smallest absolute Gasteiger partial charge is 0.248 e. The molecule has 0 unspecified atom stereocenters. The molecule has 33 heavy (non-hydrogen) atoms. The van der Waals surface area contributed by atoms with E-state index in [1.807, 2.05) is 54.9 Å². The van der Waals surface area contributed by atoms with Crippen molar-refractivity contribution in [2.75, 3.05) is 5.73 Å². The van der Waals surface area contributed by atoms with Gasteiger partial charge in [0.05, 0.1) is 17.4 Å². The molecule has 0 atom stereocenters. The molecule has 4 N–H and O–H groups in total. The van der Waals surface area contributed by atoms with Crippen LogP contribution in [-0.4, -0.2) is 20.4 Å². The maximum atomic E-state index is 12.0. The second-order valence-electron chi connectivity index (χ2n) is 8.21. The minimum absolute atomic E-state index is 0.389. The SMILES string of the molecule is NC(=O)c1ccc(-c2ccccc2)cc1CCCCn1cnc2c(N)nc3ccccc3c21. The predicted molar refractivity (Wildman–Crippen MR) is 133 cm³/mol. The second kappa shape index (κ2) is 8.74. The summed E-state index contributed by atoms with van der Waals surface area (Å²) < 4.78 is 2.14. The van der Waals surface area contributed by atoms with Gasteiger partial charge in [-0.05, 0) is 48.1 Å². The zero-order valence-corrected chi connectivity index (χ0v) is 18.2. The van der Waals surface area contributed by atoms with Gasteiger partial charge in [-0.2, -0.15) is 0 Å². The van der Waals surface area contributed by atoms with Crippen molar-refractivity contribution in [1.82, 2.24) is 14.5 Å². The Morgan fingerprint density at radius 3 is 2.52 bits per heavy atom. The van der Waals surface area contributed by atoms with E-state index in [1.165, 1.54) is 0 Å². The largest absolute Gasteiger partial charge is 0.382 e. The lowest BCUT2D eigenvalue weighted by atomic mass is 9.95. The molecule has 5 aromatic rings. The topological polar surface area (TPSA) is 99.8 Å². The van der Waals surface area contributed by atoms with Crippen molar-refractivity contribution in [1.29, 1.82) is 0 Å². The lowest BCUT2D eigenvalue weighted by Crippen LogP contribution is -2.14. The van der Waals surface area contributed by atoms with Gasteiger partial charge in [0.1, 0.15) is 5.52 Å². The number of nitrogens with zero attached hydrogens (tertiary/aromatic N) is 3. The number of aryl methyl sites for hydroxylation is 2. The molecule has 0 radical (unpaired) electrons. The number of carbonyl (C=O) groups excluding carboxylic acids is 1. The van der Waals surface area contributed by atoms with Crippen molar-refractivity contribution < 1.29 is 4.79 Å². The summed E-state index contributed by atoms with van der Waals surface area (Å²) >= 11 is 0. The number of amides is 1. The summed E-state index contributed by atoms with van der Waals surface area (Å²) in [6.45, 7) is 0.800. The Bertz CT molecular complexity index is 1460. The van der Waals surface area contributed by atoms with E-state index in [1.54, 1.807) is 0 Å². The first-order valence-corrected chi connectivity index (χ1v) is 11.1. The minimum Gasteiger partial charge on any atom is -0.382 e. The molecule has 0 aliphatic heterocycles. The van der Waals surface area contributed by atoms with E-state index in [2.05, 4.69) is 38.8 Å². The first-order chi connectivity index (χ1) is 16.1. The molecule has 0 spiro atoms. The Morgan fingerprint density at radius 1 is 0.909 bits per heavy atom. The lowest BCUT2D eigenvalue weighted by Gasteiger charge is -2.11. The fourth-order valence-corrected chi connectivity index (χ4v) is 4.42. The van der Waals surface area contributed by atoms with Gasteiger partial charge in [-0.15, -0.1) is 0 Å². The molecule has 0 aliphatic carbocycles. The van der Waals surface area contributed by atoms with Crippen molar-refractivity contribution in [3.63, 3.8) is 0 Å². The van der Waals surface area contributed by atoms with Gasteiger partial charge in [0, 0.05) is 17.5 Å². The molecule has 1 amide bonds. The maximum absolute atomic E-state index is 12.0. The van der Waals surface area contributed by atoms with Gasteiger partial charge in [0.25, 0.3) is 0 Å². The number of hydrogen-bond acceptors (Lipinski definition) is 4. The summed E-state index contributed by atoms with van der Waals surface area (Å²) in [5, 5.41) is 1.05. The van der Waals surface area contributed by atoms with Crippen LogP contribution in [0.15, 0.2) is 79.1 Å². The monoisotopic (exact) mass is 435 g/mol. The normalized spacial score (nSPS) is 11.3. The fraction of sp³-hybridized carbons (Fsp3) is 0.148. The average Bonchev–Trinajstić information content (AvgIpc) is 3.27. The van der Waals surface area contributed by atoms with Crippen LogP contribution in [0.2, 0.25) is 0 Å². The Morgan fingerprint density at radius 2 is 1.70 bits per heavy atom. The number of nitrogen functional groups attached to an aromatic ring is 1. The van der Waals surface area contributed by atoms with Crippen LogP contribution < -0.4 is 11.5 Å². The van der Waals surface area contributed by atoms with E-state index in [-0.39, 0.29) is 5.91 Å². The van der Waals surface area contributed by atoms with Gasteiger partial charge in [-0.25, -0.2) is 9.97 Å². The number of imidazole rings is 1. The Labute approximate surface area is 191 Å². The zero-order chi connectivity index (χ0) is 22.8. The molecule has 0 bridgehead atoms. The van der Waals surface area contributed by atoms with Crippen LogP contribution >= 0.6 is 0 Å². The third kappa shape index (κ3) is 4.03. The highest BCUT2D eigenvalue weighted by Gasteiger charge is 2.13. The summed E-state index contributed by atoms with van der Waals surface area (Å²) in [6.07, 6.45) is 4.45. The van der Waals surface area contributed by atoms with Gasteiger partial charge in [0.2, 0.25) is 5.91 Å². The van der Waals surface area contributed by atoms with E-state index in [4.69, 9.17) is 11.5 Å². The highest BCUT2D eigenvalue weighted by atomic mass is 16.1. The molecule has 5 rings (SSSR count). The third-order valence-electron chi connectivity index (χ3n) is 6.05. The molecule has 6 heteroatoms. The second-order valence-corrected chi connectivity index (χ2v) is 8.21. The van der Waals surface area contributed by atoms with Gasteiger partial charge >= 0.3 is 0 Å². The molecule has 164 valence electrons. The molecule has 0 saturated heterocycles. The summed E-state index contributed by atoms with van der Waals surface area (Å²) in [5.74, 6) is 0.0611. The molecule has 0 saturated carbocycles. The molecule has 3 aromatic carbocycles. The summed E-state index contributed by atoms with van der Waals surface area (Å²) in [4.78, 5) is 21.0. The Balaban J connectivity index is 1.35. The first kappa shape index (κ1) is 20.7. The van der Waals surface area contributed by atoms with Crippen LogP contribution in [-0.2, 0) is 13.0 Å². The van der Waals surface area contributed by atoms with Gasteiger partial charge < -0.3 is 16.0 Å². The molecule has 0 aliphatic rings. The fourth-order valence-electron chi connectivity index (χ4n) is 4.42. The number of hydrogen-bond donors (Lipinski definition) is 2. The highest BCUT2D eigenvalue weighted by molar-refractivity contribution is 6.06. The summed E-state index contributed by atoms with van der Waals surface area (Å²) in [7, 11) is 0. The number of benzene rings is 3. The number of aromatic nitrogens is 3. The van der Waals surface area contributed by atoms with Crippen molar-refractivity contribution in [2.45, 2.75) is 25.8 Å². The number of pyridine rings is 1. The maximum Gasteiger partial charge on any atom is 0.248 e. The van der Waals surface area contributed by atoms with Crippen LogP contribution in [0.5, 0.6) is 0 Å². The minimum atomic E-state index is -0.389. The molecule has 0 fully saturated rings. The molecule has 2 aromatic heterocycles. The van der Waals surface area contributed by atoms with E-state index < -0.39 is 0 Å². The Hall–Kier alpha value is -4.19. The van der Waals surface area contributed by atoms with Crippen LogP contribution in [0.25, 0.3) is 33.1 Å². The van der Waals surface area contributed by atoms with E-state index in [9.17, 15) is 4.79 Å². The number of carbonyl (C=O) groups is 1. The van der Waals surface area contributed by atoms with E-state index in [0.29, 0.717) is 11.4 Å². The van der Waals surface area contributed by atoms with Crippen molar-refractivity contribution in [2.24, 2.45) is 5.73 Å². The summed E-state index contributed by atoms with van der Waals surface area (Å²) in [6, 6.07) is 24.0. The molecular formula is C27H25N5O. The number of fused-ring (bicyclic) bond motifs is 3. The number of nitrogens with two attached hydrogens (primary N) is 2. The van der Waals surface area contributed by atoms with Crippen LogP contribution in [0, 0.1) is 0 Å². The molecule has 6 nitrogen and oxygen atoms in total. The summed E-state index contributed by atoms with van der Waals surface area (Å²) in [5.41, 5.74) is 18.2. The standard InChI is InChI=1S/C27H25N5O/c28-26-24-25(22-11-4-5-12-23(22)31-26)32(17-30-24)15-7-6-10-20-16-19(13-14-21(20)27(29)33)18-8-2-1-3-9-18/h1-5,8-9,11-14,16-17H,6-7,10,15H2,(H2,28,31)(H2,29,33). The van der Waals surface area contributed by atoms with Crippen LogP contribution in [0.3, 0.4) is 0 Å². The lowest BCUT2D eigenvalue weighted by molar-refractivity contribution is 0.0999. The van der Waals surface area contributed by atoms with E-state index in [0.717, 1.165) is 64.4 Å². The van der Waals surface area contributed by atoms with Gasteiger partial charge in [0.15, 0.2) is 5.82 Å². The van der Waals surface area contributed by atoms with Gasteiger partial charge in [-0.1, -0.05) is 60.7 Å². The van der Waals surface area contributed by atoms with Crippen molar-refractivity contribution in [3.8, 4) is 11.1 Å². The van der Waals surface area contributed by atoms with Crippen LogP contribution in [0.4, 0.5) is 5.82 Å². The number of rotatable bonds is 7. The quantitative estimate of drug-likeness (QED) is 0.353. The van der Waals surface area contributed by atoms with Crippen molar-refractivity contribution in [3.05, 3.63) is 90.3 Å². The third-order valence-corrected chi connectivity index (χ3v) is 6.05. The van der Waals surface area contributed by atoms with Crippen LogP contribution in [0.1, 0.15) is 28.8 Å². The highest BCUT2D eigenvalue weighted by Crippen LogP contribution is 2.28. The Kier molecular flexibility index (Phi) is 5.48. The van der Waals surface area contributed by atoms with E-state index >= 15 is 0 Å². The number of anilines is 1. The first-order valence-electron chi connectivity index (χ1n) is 11.1. The number of para-hydroxylation sites is 1. The molecular weight excluding hydrogens is 410 g/mol. The molecule has 2 heterocycles.